The molecule has 5 heteroatoms. The molecule has 0 aromatic carbocycles. The SMILES string of the molecule is CCCOC1CCCN(C(C)C/C(N)=N/O)C1. The van der Waals surface area contributed by atoms with E-state index in [1.165, 1.54) is 0 Å². The van der Waals surface area contributed by atoms with Gasteiger partial charge in [0.2, 0.25) is 0 Å². The lowest BCUT2D eigenvalue weighted by atomic mass is 10.0. The first-order chi connectivity index (χ1) is 8.17. The molecule has 0 aliphatic carbocycles. The maximum atomic E-state index is 8.57. The predicted octanol–water partition coefficient (Wildman–Crippen LogP) is 1.40. The molecule has 0 spiro atoms. The summed E-state index contributed by atoms with van der Waals surface area (Å²) >= 11 is 0. The number of hydrogen-bond donors (Lipinski definition) is 2. The van der Waals surface area contributed by atoms with E-state index in [1.54, 1.807) is 0 Å². The zero-order valence-corrected chi connectivity index (χ0v) is 10.9. The molecule has 1 rings (SSSR count). The summed E-state index contributed by atoms with van der Waals surface area (Å²) in [6.07, 6.45) is 4.33. The molecular formula is C12H25N3O2. The summed E-state index contributed by atoms with van der Waals surface area (Å²) in [5, 5.41) is 11.6. The van der Waals surface area contributed by atoms with Crippen molar-refractivity contribution in [3.05, 3.63) is 0 Å². The molecule has 0 aromatic rings. The second kappa shape index (κ2) is 7.50. The summed E-state index contributed by atoms with van der Waals surface area (Å²) in [6.45, 7) is 7.11. The van der Waals surface area contributed by atoms with Gasteiger partial charge in [-0.3, -0.25) is 4.90 Å². The van der Waals surface area contributed by atoms with Crippen LogP contribution in [0.25, 0.3) is 0 Å². The van der Waals surface area contributed by atoms with Gasteiger partial charge in [-0.2, -0.15) is 0 Å². The zero-order valence-electron chi connectivity index (χ0n) is 10.9. The molecule has 2 unspecified atom stereocenters. The molecule has 0 aromatic heterocycles. The number of oxime groups is 1. The highest BCUT2D eigenvalue weighted by atomic mass is 16.5. The molecule has 0 amide bonds. The fraction of sp³-hybridized carbons (Fsp3) is 0.917. The van der Waals surface area contributed by atoms with E-state index in [-0.39, 0.29) is 0 Å². The van der Waals surface area contributed by atoms with Crippen molar-refractivity contribution in [2.75, 3.05) is 19.7 Å². The second-order valence-corrected chi connectivity index (χ2v) is 4.77. The minimum Gasteiger partial charge on any atom is -0.409 e. The number of nitrogens with two attached hydrogens (primary N) is 1. The Labute approximate surface area is 104 Å². The van der Waals surface area contributed by atoms with Crippen LogP contribution in [0.15, 0.2) is 5.16 Å². The van der Waals surface area contributed by atoms with Crippen LogP contribution >= 0.6 is 0 Å². The number of rotatable bonds is 6. The number of amidine groups is 1. The average molecular weight is 243 g/mol. The van der Waals surface area contributed by atoms with Gasteiger partial charge in [-0.15, -0.1) is 0 Å². The van der Waals surface area contributed by atoms with Gasteiger partial charge in [0.1, 0.15) is 5.84 Å². The van der Waals surface area contributed by atoms with Crippen molar-refractivity contribution in [3.8, 4) is 0 Å². The van der Waals surface area contributed by atoms with Gasteiger partial charge in [0, 0.05) is 25.6 Å². The number of likely N-dealkylation sites (tertiary alicyclic amines) is 1. The van der Waals surface area contributed by atoms with Crippen LogP contribution in [0.2, 0.25) is 0 Å². The normalized spacial score (nSPS) is 24.8. The van der Waals surface area contributed by atoms with E-state index in [0.717, 1.165) is 39.0 Å². The molecule has 0 saturated carbocycles. The fourth-order valence-electron chi connectivity index (χ4n) is 2.26. The molecule has 1 heterocycles. The first kappa shape index (κ1) is 14.3. The van der Waals surface area contributed by atoms with Crippen LogP contribution in [0.3, 0.4) is 0 Å². The molecule has 5 nitrogen and oxygen atoms in total. The van der Waals surface area contributed by atoms with Crippen molar-refractivity contribution in [2.24, 2.45) is 10.9 Å². The van der Waals surface area contributed by atoms with Crippen molar-refractivity contribution in [1.29, 1.82) is 0 Å². The van der Waals surface area contributed by atoms with Gasteiger partial charge in [-0.1, -0.05) is 12.1 Å². The summed E-state index contributed by atoms with van der Waals surface area (Å²) in [4.78, 5) is 2.36. The topological polar surface area (TPSA) is 71.1 Å². The number of ether oxygens (including phenoxy) is 1. The third kappa shape index (κ3) is 4.91. The first-order valence-corrected chi connectivity index (χ1v) is 6.49. The van der Waals surface area contributed by atoms with Gasteiger partial charge < -0.3 is 15.7 Å². The van der Waals surface area contributed by atoms with Crippen LogP contribution in [0.4, 0.5) is 0 Å². The highest BCUT2D eigenvalue weighted by molar-refractivity contribution is 5.80. The van der Waals surface area contributed by atoms with E-state index in [4.69, 9.17) is 15.7 Å². The van der Waals surface area contributed by atoms with E-state index in [9.17, 15) is 0 Å². The average Bonchev–Trinajstić information content (AvgIpc) is 2.36. The van der Waals surface area contributed by atoms with Gasteiger partial charge in [-0.25, -0.2) is 0 Å². The molecule has 2 atom stereocenters. The summed E-state index contributed by atoms with van der Waals surface area (Å²) in [5.74, 6) is 0.300. The van der Waals surface area contributed by atoms with Crippen LogP contribution in [0.1, 0.15) is 39.5 Å². The summed E-state index contributed by atoms with van der Waals surface area (Å²) in [7, 11) is 0. The molecular weight excluding hydrogens is 218 g/mol. The van der Waals surface area contributed by atoms with Gasteiger partial charge in [0.15, 0.2) is 0 Å². The van der Waals surface area contributed by atoms with Crippen molar-refractivity contribution >= 4 is 5.84 Å². The van der Waals surface area contributed by atoms with Crippen molar-refractivity contribution in [2.45, 2.75) is 51.7 Å². The Kier molecular flexibility index (Phi) is 6.29. The lowest BCUT2D eigenvalue weighted by Gasteiger charge is -2.36. The molecule has 0 radical (unpaired) electrons. The highest BCUT2D eigenvalue weighted by Crippen LogP contribution is 2.17. The van der Waals surface area contributed by atoms with Crippen LogP contribution in [-0.2, 0) is 4.74 Å². The summed E-state index contributed by atoms with van der Waals surface area (Å²) in [5.41, 5.74) is 5.54. The van der Waals surface area contributed by atoms with E-state index in [2.05, 4.69) is 23.9 Å². The minimum atomic E-state index is 0.300. The lowest BCUT2D eigenvalue weighted by molar-refractivity contribution is -0.00959. The summed E-state index contributed by atoms with van der Waals surface area (Å²) < 4.78 is 5.79. The molecule has 1 aliphatic rings. The van der Waals surface area contributed by atoms with E-state index in [0.29, 0.717) is 24.4 Å². The Morgan fingerprint density at radius 3 is 3.06 bits per heavy atom. The quantitative estimate of drug-likeness (QED) is 0.320. The molecule has 1 aliphatic heterocycles. The molecule has 100 valence electrons. The minimum absolute atomic E-state index is 0.300. The fourth-order valence-corrected chi connectivity index (χ4v) is 2.26. The maximum Gasteiger partial charge on any atom is 0.140 e. The Morgan fingerprint density at radius 1 is 1.65 bits per heavy atom. The van der Waals surface area contributed by atoms with Gasteiger partial charge >= 0.3 is 0 Å². The van der Waals surface area contributed by atoms with E-state index < -0.39 is 0 Å². The molecule has 0 bridgehead atoms. The van der Waals surface area contributed by atoms with Crippen LogP contribution < -0.4 is 5.73 Å². The number of hydrogen-bond acceptors (Lipinski definition) is 4. The van der Waals surface area contributed by atoms with Crippen LogP contribution in [0, 0.1) is 0 Å². The molecule has 1 fully saturated rings. The third-order valence-corrected chi connectivity index (χ3v) is 3.22. The van der Waals surface area contributed by atoms with E-state index in [1.807, 2.05) is 0 Å². The van der Waals surface area contributed by atoms with Crippen LogP contribution in [-0.4, -0.2) is 47.8 Å². The first-order valence-electron chi connectivity index (χ1n) is 6.49. The monoisotopic (exact) mass is 243 g/mol. The van der Waals surface area contributed by atoms with Crippen molar-refractivity contribution < 1.29 is 9.94 Å². The number of piperidine rings is 1. The van der Waals surface area contributed by atoms with Crippen molar-refractivity contribution in [3.63, 3.8) is 0 Å². The Balaban J connectivity index is 2.37. The van der Waals surface area contributed by atoms with Gasteiger partial charge in [0.05, 0.1) is 6.10 Å². The zero-order chi connectivity index (χ0) is 12.7. The Hall–Kier alpha value is -0.810. The standard InChI is InChI=1S/C12H25N3O2/c1-3-7-17-11-5-4-6-15(9-11)10(2)8-12(13)14-16/h10-11,16H,3-9H2,1-2H3,(H2,13,14). The Morgan fingerprint density at radius 2 is 2.41 bits per heavy atom. The largest absolute Gasteiger partial charge is 0.409 e. The molecule has 1 saturated heterocycles. The van der Waals surface area contributed by atoms with Gasteiger partial charge in [0.25, 0.3) is 0 Å². The maximum absolute atomic E-state index is 8.57. The highest BCUT2D eigenvalue weighted by Gasteiger charge is 2.24. The van der Waals surface area contributed by atoms with Crippen molar-refractivity contribution in [1.82, 2.24) is 4.90 Å². The summed E-state index contributed by atoms with van der Waals surface area (Å²) in [6, 6.07) is 0.305. The third-order valence-electron chi connectivity index (χ3n) is 3.22. The predicted molar refractivity (Wildman–Crippen MR) is 68.3 cm³/mol. The van der Waals surface area contributed by atoms with Gasteiger partial charge in [-0.05, 0) is 32.7 Å². The van der Waals surface area contributed by atoms with E-state index >= 15 is 0 Å². The molecule has 3 N–H and O–H groups in total. The second-order valence-electron chi connectivity index (χ2n) is 4.77. The van der Waals surface area contributed by atoms with Crippen LogP contribution in [0.5, 0.6) is 0 Å². The lowest BCUT2D eigenvalue weighted by Crippen LogP contribution is -2.45. The number of nitrogens with zero attached hydrogens (tertiary/aromatic N) is 2. The Bertz CT molecular complexity index is 246. The smallest absolute Gasteiger partial charge is 0.140 e. The molecule has 17 heavy (non-hydrogen) atoms.